The molecule has 0 spiro atoms. The van der Waals surface area contributed by atoms with Crippen molar-refractivity contribution < 1.29 is 14.7 Å². The zero-order valence-corrected chi connectivity index (χ0v) is 11.6. The predicted octanol–water partition coefficient (Wildman–Crippen LogP) is 3.31. The topological polar surface area (TPSA) is 79.3 Å². The number of amides is 1. The highest BCUT2D eigenvalue weighted by molar-refractivity contribution is 7.22. The lowest BCUT2D eigenvalue weighted by Gasteiger charge is -1.97. The summed E-state index contributed by atoms with van der Waals surface area (Å²) < 4.78 is 0.727. The number of carbonyl (C=O) groups excluding carboxylic acids is 1. The minimum Gasteiger partial charge on any atom is -0.478 e. The fourth-order valence-corrected chi connectivity index (χ4v) is 3.21. The van der Waals surface area contributed by atoms with Gasteiger partial charge < -0.3 is 5.11 Å². The van der Waals surface area contributed by atoms with Gasteiger partial charge in [-0.1, -0.05) is 11.3 Å². The highest BCUT2D eigenvalue weighted by Crippen LogP contribution is 2.27. The lowest BCUT2D eigenvalue weighted by Crippen LogP contribution is -2.10. The zero-order valence-electron chi connectivity index (χ0n) is 9.99. The first-order valence-electron chi connectivity index (χ1n) is 5.61. The lowest BCUT2D eigenvalue weighted by atomic mass is 10.2. The Hall–Kier alpha value is -2.25. The van der Waals surface area contributed by atoms with Crippen LogP contribution in [0.2, 0.25) is 0 Å². The number of nitrogens with zero attached hydrogens (tertiary/aromatic N) is 1. The minimum atomic E-state index is -0.982. The van der Waals surface area contributed by atoms with Crippen molar-refractivity contribution in [3.8, 4) is 0 Å². The van der Waals surface area contributed by atoms with Crippen LogP contribution in [0.5, 0.6) is 0 Å². The molecule has 0 aliphatic heterocycles. The second-order valence-electron chi connectivity index (χ2n) is 3.97. The van der Waals surface area contributed by atoms with Crippen molar-refractivity contribution in [3.63, 3.8) is 0 Å². The van der Waals surface area contributed by atoms with Crippen LogP contribution in [0.4, 0.5) is 5.13 Å². The smallest absolute Gasteiger partial charge is 0.335 e. The van der Waals surface area contributed by atoms with E-state index in [0.717, 1.165) is 4.70 Å². The number of anilines is 1. The van der Waals surface area contributed by atoms with Crippen molar-refractivity contribution in [1.82, 2.24) is 4.98 Å². The van der Waals surface area contributed by atoms with Gasteiger partial charge in [0.25, 0.3) is 5.91 Å². The summed E-state index contributed by atoms with van der Waals surface area (Å²) in [6, 6.07) is 6.41. The molecular formula is C13H8N2O3S2. The van der Waals surface area contributed by atoms with E-state index in [1.165, 1.54) is 28.7 Å². The van der Waals surface area contributed by atoms with Gasteiger partial charge in [-0.2, -0.15) is 11.3 Å². The highest BCUT2D eigenvalue weighted by Gasteiger charge is 2.11. The number of aromatic carboxylic acids is 1. The van der Waals surface area contributed by atoms with Crippen molar-refractivity contribution >= 4 is 49.9 Å². The molecule has 3 rings (SSSR count). The summed E-state index contributed by atoms with van der Waals surface area (Å²) in [5, 5.41) is 15.7. The van der Waals surface area contributed by atoms with Gasteiger partial charge in [-0.15, -0.1) is 0 Å². The van der Waals surface area contributed by atoms with Gasteiger partial charge in [0.1, 0.15) is 0 Å². The van der Waals surface area contributed by atoms with Crippen LogP contribution in [0.3, 0.4) is 0 Å². The molecule has 0 radical (unpaired) electrons. The molecular weight excluding hydrogens is 296 g/mol. The van der Waals surface area contributed by atoms with Gasteiger partial charge in [0.05, 0.1) is 21.3 Å². The number of nitrogens with one attached hydrogen (secondary N) is 1. The van der Waals surface area contributed by atoms with Crippen LogP contribution in [-0.4, -0.2) is 22.0 Å². The minimum absolute atomic E-state index is 0.205. The molecule has 5 nitrogen and oxygen atoms in total. The second-order valence-corrected chi connectivity index (χ2v) is 5.78. The highest BCUT2D eigenvalue weighted by atomic mass is 32.1. The van der Waals surface area contributed by atoms with Crippen LogP contribution in [0.1, 0.15) is 20.7 Å². The van der Waals surface area contributed by atoms with E-state index in [-0.39, 0.29) is 11.5 Å². The average Bonchev–Trinajstić information content (AvgIpc) is 3.06. The summed E-state index contributed by atoms with van der Waals surface area (Å²) in [4.78, 5) is 27.1. The van der Waals surface area contributed by atoms with Crippen molar-refractivity contribution in [1.29, 1.82) is 0 Å². The van der Waals surface area contributed by atoms with Gasteiger partial charge >= 0.3 is 5.97 Å². The molecule has 100 valence electrons. The Balaban J connectivity index is 1.89. The number of fused-ring (bicyclic) bond motifs is 1. The molecule has 2 N–H and O–H groups in total. The van der Waals surface area contributed by atoms with Crippen molar-refractivity contribution in [2.24, 2.45) is 0 Å². The molecule has 2 heterocycles. The van der Waals surface area contributed by atoms with Crippen LogP contribution in [-0.2, 0) is 0 Å². The summed E-state index contributed by atoms with van der Waals surface area (Å²) in [6.45, 7) is 0. The molecule has 0 bridgehead atoms. The number of aromatic nitrogens is 1. The molecule has 0 saturated carbocycles. The summed E-state index contributed by atoms with van der Waals surface area (Å²) in [7, 11) is 0. The normalized spacial score (nSPS) is 10.6. The van der Waals surface area contributed by atoms with Crippen LogP contribution in [0, 0.1) is 0 Å². The molecule has 0 unspecified atom stereocenters. The van der Waals surface area contributed by atoms with Crippen LogP contribution in [0.15, 0.2) is 35.0 Å². The average molecular weight is 304 g/mol. The van der Waals surface area contributed by atoms with Crippen molar-refractivity contribution in [2.45, 2.75) is 0 Å². The zero-order chi connectivity index (χ0) is 14.1. The Bertz CT molecular complexity index is 793. The predicted molar refractivity (Wildman–Crippen MR) is 78.9 cm³/mol. The van der Waals surface area contributed by atoms with Crippen molar-refractivity contribution in [3.05, 3.63) is 46.2 Å². The molecule has 3 aromatic rings. The summed E-state index contributed by atoms with van der Waals surface area (Å²) in [5.74, 6) is -1.20. The molecule has 0 aliphatic rings. The first-order valence-corrected chi connectivity index (χ1v) is 7.37. The van der Waals surface area contributed by atoms with Gasteiger partial charge in [-0.25, -0.2) is 9.78 Å². The Morgan fingerprint density at radius 3 is 2.75 bits per heavy atom. The number of carbonyl (C=O) groups is 2. The van der Waals surface area contributed by atoms with E-state index in [0.29, 0.717) is 16.2 Å². The maximum atomic E-state index is 11.9. The van der Waals surface area contributed by atoms with E-state index in [9.17, 15) is 9.59 Å². The Morgan fingerprint density at radius 2 is 2.05 bits per heavy atom. The largest absolute Gasteiger partial charge is 0.478 e. The number of hydrogen-bond donors (Lipinski definition) is 2. The number of thiazole rings is 1. The second kappa shape index (κ2) is 5.03. The van der Waals surface area contributed by atoms with E-state index in [1.54, 1.807) is 23.6 Å². The molecule has 0 fully saturated rings. The molecule has 1 aromatic carbocycles. The number of carboxylic acid groups (broad SMARTS) is 1. The SMILES string of the molecule is O=C(O)c1ccc2nc(NC(=O)c3ccsc3)sc2c1. The van der Waals surface area contributed by atoms with Gasteiger partial charge in [-0.3, -0.25) is 10.1 Å². The number of thiophene rings is 1. The molecule has 0 atom stereocenters. The van der Waals surface area contributed by atoms with E-state index < -0.39 is 5.97 Å². The third-order valence-electron chi connectivity index (χ3n) is 2.64. The Labute approximate surface area is 121 Å². The van der Waals surface area contributed by atoms with E-state index >= 15 is 0 Å². The molecule has 20 heavy (non-hydrogen) atoms. The maximum absolute atomic E-state index is 11.9. The van der Waals surface area contributed by atoms with Crippen LogP contribution >= 0.6 is 22.7 Å². The first kappa shape index (κ1) is 12.8. The standard InChI is InChI=1S/C13H8N2O3S2/c16-11(8-3-4-19-6-8)15-13-14-9-2-1-7(12(17)18)5-10(9)20-13/h1-6H,(H,17,18)(H,14,15,16). The van der Waals surface area contributed by atoms with Crippen LogP contribution < -0.4 is 5.32 Å². The fraction of sp³-hybridized carbons (Fsp3) is 0. The fourth-order valence-electron chi connectivity index (χ4n) is 1.67. The Morgan fingerprint density at radius 1 is 1.20 bits per heavy atom. The molecule has 1 amide bonds. The Kier molecular flexibility index (Phi) is 3.21. The summed E-state index contributed by atoms with van der Waals surface area (Å²) in [5.41, 5.74) is 1.46. The summed E-state index contributed by atoms with van der Waals surface area (Å²) >= 11 is 2.70. The first-order chi connectivity index (χ1) is 9.63. The van der Waals surface area contributed by atoms with Gasteiger partial charge in [-0.05, 0) is 29.6 Å². The van der Waals surface area contributed by atoms with Gasteiger partial charge in [0.15, 0.2) is 5.13 Å². The maximum Gasteiger partial charge on any atom is 0.335 e. The summed E-state index contributed by atoms with van der Waals surface area (Å²) in [6.07, 6.45) is 0. The number of rotatable bonds is 3. The van der Waals surface area contributed by atoms with Crippen molar-refractivity contribution in [2.75, 3.05) is 5.32 Å². The molecule has 0 aliphatic carbocycles. The molecule has 0 saturated heterocycles. The third-order valence-corrected chi connectivity index (χ3v) is 4.26. The van der Waals surface area contributed by atoms with Gasteiger partial charge in [0, 0.05) is 5.38 Å². The quantitative estimate of drug-likeness (QED) is 0.778. The van der Waals surface area contributed by atoms with E-state index in [4.69, 9.17) is 5.11 Å². The molecule has 7 heteroatoms. The lowest BCUT2D eigenvalue weighted by molar-refractivity contribution is 0.0697. The third kappa shape index (κ3) is 2.40. The molecule has 2 aromatic heterocycles. The number of carboxylic acids is 1. The van der Waals surface area contributed by atoms with E-state index in [1.807, 2.05) is 5.38 Å². The number of benzene rings is 1. The monoisotopic (exact) mass is 304 g/mol. The van der Waals surface area contributed by atoms with Crippen LogP contribution in [0.25, 0.3) is 10.2 Å². The van der Waals surface area contributed by atoms with Gasteiger partial charge in [0.2, 0.25) is 0 Å². The number of hydrogen-bond acceptors (Lipinski definition) is 5. The van der Waals surface area contributed by atoms with E-state index in [2.05, 4.69) is 10.3 Å².